The number of halogens is 1. The average molecular weight is 405 g/mol. The lowest BCUT2D eigenvalue weighted by Gasteiger charge is -2.31. The Morgan fingerprint density at radius 1 is 1.33 bits per heavy atom. The van der Waals surface area contributed by atoms with Crippen molar-refractivity contribution in [3.8, 4) is 16.5 Å². The fraction of sp³-hybridized carbons (Fsp3) is 0.333. The van der Waals surface area contributed by atoms with Crippen molar-refractivity contribution in [3.63, 3.8) is 0 Å². The Kier molecular flexibility index (Phi) is 5.09. The second-order valence-corrected chi connectivity index (χ2v) is 7.46. The molecule has 2 aromatic heterocycles. The van der Waals surface area contributed by atoms with Gasteiger partial charge in [0.1, 0.15) is 28.6 Å². The Morgan fingerprint density at radius 2 is 2.11 bits per heavy atom. The van der Waals surface area contributed by atoms with Crippen molar-refractivity contribution in [2.24, 2.45) is 0 Å². The van der Waals surface area contributed by atoms with Crippen LogP contribution in [0.4, 0.5) is 0 Å². The Balaban J connectivity index is 1.50. The first-order valence-electron chi connectivity index (χ1n) is 8.56. The number of amides is 1. The number of ether oxygens (including phenoxy) is 1. The van der Waals surface area contributed by atoms with E-state index in [1.54, 1.807) is 23.4 Å². The zero-order valence-corrected chi connectivity index (χ0v) is 16.2. The first kappa shape index (κ1) is 17.9. The van der Waals surface area contributed by atoms with Crippen molar-refractivity contribution in [3.05, 3.63) is 46.1 Å². The average Bonchev–Trinajstić information content (AvgIpc) is 3.32. The number of aryl methyl sites for hydroxylation is 1. The molecule has 1 fully saturated rings. The number of hydrogen-bond acceptors (Lipinski definition) is 7. The standard InChI is InChI=1S/C18H17ClN4O3S/c1-11-15(16(22-26-11)13-4-2-3-5-14(13)19)17(24)23-8-6-12(7-9-23)25-18-21-20-10-27-18/h2-5,10,12H,6-9H2,1H3. The van der Waals surface area contributed by atoms with E-state index in [-0.39, 0.29) is 12.0 Å². The summed E-state index contributed by atoms with van der Waals surface area (Å²) >= 11 is 7.65. The number of piperidine rings is 1. The van der Waals surface area contributed by atoms with Crippen LogP contribution in [0.15, 0.2) is 34.3 Å². The van der Waals surface area contributed by atoms with Crippen LogP contribution >= 0.6 is 22.9 Å². The number of hydrogen-bond donors (Lipinski definition) is 0. The van der Waals surface area contributed by atoms with E-state index in [9.17, 15) is 4.79 Å². The van der Waals surface area contributed by atoms with Gasteiger partial charge in [0.2, 0.25) is 0 Å². The lowest BCUT2D eigenvalue weighted by Crippen LogP contribution is -2.42. The molecule has 1 aliphatic rings. The summed E-state index contributed by atoms with van der Waals surface area (Å²) < 4.78 is 11.1. The van der Waals surface area contributed by atoms with Crippen LogP contribution in [-0.2, 0) is 0 Å². The van der Waals surface area contributed by atoms with E-state index in [0.29, 0.717) is 45.9 Å². The predicted octanol–water partition coefficient (Wildman–Crippen LogP) is 3.84. The number of benzene rings is 1. The minimum atomic E-state index is -0.0990. The highest BCUT2D eigenvalue weighted by Gasteiger charge is 2.30. The smallest absolute Gasteiger partial charge is 0.294 e. The lowest BCUT2D eigenvalue weighted by molar-refractivity contribution is 0.0593. The van der Waals surface area contributed by atoms with Gasteiger partial charge in [0.15, 0.2) is 0 Å². The van der Waals surface area contributed by atoms with Crippen molar-refractivity contribution in [2.45, 2.75) is 25.9 Å². The molecule has 0 radical (unpaired) electrons. The van der Waals surface area contributed by atoms with Crippen molar-refractivity contribution in [1.29, 1.82) is 0 Å². The lowest BCUT2D eigenvalue weighted by atomic mass is 10.0. The summed E-state index contributed by atoms with van der Waals surface area (Å²) in [7, 11) is 0. The number of carbonyl (C=O) groups is 1. The summed E-state index contributed by atoms with van der Waals surface area (Å²) in [4.78, 5) is 14.9. The minimum Gasteiger partial charge on any atom is -0.465 e. The summed E-state index contributed by atoms with van der Waals surface area (Å²) in [6, 6.07) is 7.29. The maximum Gasteiger partial charge on any atom is 0.294 e. The van der Waals surface area contributed by atoms with Crippen LogP contribution in [0.25, 0.3) is 11.3 Å². The van der Waals surface area contributed by atoms with Gasteiger partial charge in [-0.05, 0) is 13.0 Å². The molecule has 3 heterocycles. The van der Waals surface area contributed by atoms with E-state index in [0.717, 1.165) is 12.8 Å². The largest absolute Gasteiger partial charge is 0.465 e. The van der Waals surface area contributed by atoms with E-state index >= 15 is 0 Å². The Bertz CT molecular complexity index is 936. The molecule has 27 heavy (non-hydrogen) atoms. The maximum absolute atomic E-state index is 13.1. The van der Waals surface area contributed by atoms with Crippen molar-refractivity contribution in [1.82, 2.24) is 20.3 Å². The highest BCUT2D eigenvalue weighted by Crippen LogP contribution is 2.32. The van der Waals surface area contributed by atoms with Crippen LogP contribution in [0, 0.1) is 6.92 Å². The fourth-order valence-corrected chi connectivity index (χ4v) is 3.85. The van der Waals surface area contributed by atoms with Crippen LogP contribution in [-0.4, -0.2) is 45.4 Å². The first-order valence-corrected chi connectivity index (χ1v) is 9.82. The molecule has 0 aliphatic carbocycles. The van der Waals surface area contributed by atoms with E-state index in [1.165, 1.54) is 11.3 Å². The summed E-state index contributed by atoms with van der Waals surface area (Å²) in [6.45, 7) is 2.93. The summed E-state index contributed by atoms with van der Waals surface area (Å²) in [5, 5.41) is 12.9. The van der Waals surface area contributed by atoms with Gasteiger partial charge in [0, 0.05) is 31.5 Å². The molecule has 1 amide bonds. The number of aromatic nitrogens is 3. The normalized spacial score (nSPS) is 15.1. The molecule has 1 aliphatic heterocycles. The van der Waals surface area contributed by atoms with Gasteiger partial charge in [-0.25, -0.2) is 0 Å². The summed E-state index contributed by atoms with van der Waals surface area (Å²) in [5.41, 5.74) is 3.27. The predicted molar refractivity (Wildman–Crippen MR) is 101 cm³/mol. The number of carbonyl (C=O) groups excluding carboxylic acids is 1. The molecule has 0 bridgehead atoms. The molecule has 140 valence electrons. The molecule has 1 aromatic carbocycles. The quantitative estimate of drug-likeness (QED) is 0.657. The topological polar surface area (TPSA) is 81.4 Å². The van der Waals surface area contributed by atoms with Crippen LogP contribution in [0.5, 0.6) is 5.19 Å². The summed E-state index contributed by atoms with van der Waals surface area (Å²) in [5.74, 6) is 0.389. The monoisotopic (exact) mass is 404 g/mol. The first-order chi connectivity index (χ1) is 13.1. The molecule has 9 heteroatoms. The van der Waals surface area contributed by atoms with Gasteiger partial charge >= 0.3 is 0 Å². The molecule has 0 atom stereocenters. The highest BCUT2D eigenvalue weighted by molar-refractivity contribution is 7.11. The molecule has 0 N–H and O–H groups in total. The van der Waals surface area contributed by atoms with Gasteiger partial charge in [-0.2, -0.15) is 0 Å². The third kappa shape index (κ3) is 3.68. The zero-order chi connectivity index (χ0) is 18.8. The molecule has 0 unspecified atom stereocenters. The van der Waals surface area contributed by atoms with Gasteiger partial charge in [-0.3, -0.25) is 4.79 Å². The molecule has 0 saturated carbocycles. The van der Waals surface area contributed by atoms with E-state index in [2.05, 4.69) is 15.4 Å². The van der Waals surface area contributed by atoms with Crippen LogP contribution in [0.1, 0.15) is 29.0 Å². The van der Waals surface area contributed by atoms with E-state index < -0.39 is 0 Å². The maximum atomic E-state index is 13.1. The van der Waals surface area contributed by atoms with Crippen molar-refractivity contribution < 1.29 is 14.1 Å². The van der Waals surface area contributed by atoms with Gasteiger partial charge in [-0.1, -0.05) is 46.3 Å². The third-order valence-electron chi connectivity index (χ3n) is 4.54. The molecule has 1 saturated heterocycles. The van der Waals surface area contributed by atoms with Crippen molar-refractivity contribution in [2.75, 3.05) is 13.1 Å². The number of nitrogens with zero attached hydrogens (tertiary/aromatic N) is 4. The molecule has 3 aromatic rings. The fourth-order valence-electron chi connectivity index (χ4n) is 3.15. The Labute approximate surface area is 164 Å². The van der Waals surface area contributed by atoms with Gasteiger partial charge in [-0.15, -0.1) is 10.2 Å². The minimum absolute atomic E-state index is 0.0357. The van der Waals surface area contributed by atoms with Crippen LogP contribution in [0.3, 0.4) is 0 Å². The molecule has 4 rings (SSSR count). The Morgan fingerprint density at radius 3 is 2.81 bits per heavy atom. The van der Waals surface area contributed by atoms with Gasteiger partial charge in [0.05, 0.1) is 5.02 Å². The number of rotatable bonds is 4. The number of likely N-dealkylation sites (tertiary alicyclic amines) is 1. The van der Waals surface area contributed by atoms with E-state index in [4.69, 9.17) is 20.9 Å². The molecule has 0 spiro atoms. The van der Waals surface area contributed by atoms with E-state index in [1.807, 2.05) is 18.2 Å². The van der Waals surface area contributed by atoms with Gasteiger partial charge < -0.3 is 14.2 Å². The summed E-state index contributed by atoms with van der Waals surface area (Å²) in [6.07, 6.45) is 1.50. The van der Waals surface area contributed by atoms with Gasteiger partial charge in [0.25, 0.3) is 11.1 Å². The molecule has 7 nitrogen and oxygen atoms in total. The highest BCUT2D eigenvalue weighted by atomic mass is 35.5. The van der Waals surface area contributed by atoms with Crippen LogP contribution < -0.4 is 4.74 Å². The second kappa shape index (κ2) is 7.66. The second-order valence-electron chi connectivity index (χ2n) is 6.26. The zero-order valence-electron chi connectivity index (χ0n) is 14.6. The van der Waals surface area contributed by atoms with Crippen molar-refractivity contribution >= 4 is 28.8 Å². The molecular weight excluding hydrogens is 388 g/mol. The Hall–Kier alpha value is -2.45. The third-order valence-corrected chi connectivity index (χ3v) is 5.45. The molecular formula is C18H17ClN4O3S. The SMILES string of the molecule is Cc1onc(-c2ccccc2Cl)c1C(=O)N1CCC(Oc2nncs2)CC1. The van der Waals surface area contributed by atoms with Crippen LogP contribution in [0.2, 0.25) is 5.02 Å².